The molecule has 0 bridgehead atoms. The van der Waals surface area contributed by atoms with Gasteiger partial charge in [0.2, 0.25) is 11.8 Å². The van der Waals surface area contributed by atoms with E-state index < -0.39 is 11.9 Å². The molecule has 5 rings (SSSR count). The van der Waals surface area contributed by atoms with E-state index in [0.717, 1.165) is 5.56 Å². The quantitative estimate of drug-likeness (QED) is 0.743. The number of imide groups is 1. The molecular formula is C21H20N6O4. The third-order valence-electron chi connectivity index (χ3n) is 5.96. The fraction of sp³-hybridized carbons (Fsp3) is 0.333. The summed E-state index contributed by atoms with van der Waals surface area (Å²) in [4.78, 5) is 62.5. The van der Waals surface area contributed by atoms with Crippen LogP contribution < -0.4 is 15.1 Å². The molecule has 5 amide bonds. The van der Waals surface area contributed by atoms with Crippen molar-refractivity contribution in [3.8, 4) is 0 Å². The van der Waals surface area contributed by atoms with E-state index in [1.54, 1.807) is 34.2 Å². The molecule has 2 atom stereocenters. The summed E-state index contributed by atoms with van der Waals surface area (Å²) in [5.74, 6) is -0.459. The van der Waals surface area contributed by atoms with Gasteiger partial charge in [-0.05, 0) is 43.2 Å². The fourth-order valence-corrected chi connectivity index (χ4v) is 4.44. The van der Waals surface area contributed by atoms with Crippen molar-refractivity contribution in [2.75, 3.05) is 16.3 Å². The van der Waals surface area contributed by atoms with E-state index in [1.165, 1.54) is 11.2 Å². The smallest absolute Gasteiger partial charge is 0.322 e. The molecule has 10 heteroatoms. The molecule has 1 aromatic carbocycles. The van der Waals surface area contributed by atoms with Gasteiger partial charge in [-0.25, -0.2) is 14.8 Å². The maximum Gasteiger partial charge on any atom is 0.330 e. The van der Waals surface area contributed by atoms with Gasteiger partial charge < -0.3 is 4.90 Å². The van der Waals surface area contributed by atoms with Crippen LogP contribution in [0.3, 0.4) is 0 Å². The van der Waals surface area contributed by atoms with Crippen LogP contribution in [0.25, 0.3) is 0 Å². The van der Waals surface area contributed by atoms with E-state index >= 15 is 0 Å². The minimum atomic E-state index is -0.664. The molecule has 2 aromatic rings. The van der Waals surface area contributed by atoms with Gasteiger partial charge in [0.25, 0.3) is 5.91 Å². The minimum Gasteiger partial charge on any atom is -0.322 e. The van der Waals surface area contributed by atoms with Crippen LogP contribution in [0.1, 0.15) is 35.7 Å². The van der Waals surface area contributed by atoms with Crippen molar-refractivity contribution < 1.29 is 19.2 Å². The second-order valence-electron chi connectivity index (χ2n) is 7.92. The van der Waals surface area contributed by atoms with E-state index in [-0.39, 0.29) is 36.9 Å². The van der Waals surface area contributed by atoms with Crippen molar-refractivity contribution in [3.05, 3.63) is 47.9 Å². The largest absolute Gasteiger partial charge is 0.330 e. The number of piperidine rings is 1. The lowest BCUT2D eigenvalue weighted by Crippen LogP contribution is -2.52. The van der Waals surface area contributed by atoms with Crippen molar-refractivity contribution in [1.29, 1.82) is 0 Å². The van der Waals surface area contributed by atoms with Gasteiger partial charge >= 0.3 is 6.03 Å². The van der Waals surface area contributed by atoms with Crippen LogP contribution in [0.15, 0.2) is 36.8 Å². The molecule has 2 saturated heterocycles. The summed E-state index contributed by atoms with van der Waals surface area (Å²) in [6.45, 7) is 2.69. The predicted molar refractivity (Wildman–Crippen MR) is 109 cm³/mol. The summed E-state index contributed by atoms with van der Waals surface area (Å²) in [6, 6.07) is 6.02. The van der Waals surface area contributed by atoms with Crippen LogP contribution in [-0.2, 0) is 16.1 Å². The van der Waals surface area contributed by atoms with E-state index in [9.17, 15) is 19.2 Å². The Morgan fingerprint density at radius 2 is 1.97 bits per heavy atom. The summed E-state index contributed by atoms with van der Waals surface area (Å²) in [5.41, 5.74) is 1.96. The van der Waals surface area contributed by atoms with Gasteiger partial charge in [-0.1, -0.05) is 0 Å². The average molecular weight is 420 g/mol. The van der Waals surface area contributed by atoms with Crippen LogP contribution >= 0.6 is 0 Å². The third-order valence-corrected chi connectivity index (χ3v) is 5.96. The molecular weight excluding hydrogens is 400 g/mol. The molecule has 0 radical (unpaired) electrons. The number of nitrogens with one attached hydrogen (secondary N) is 1. The minimum absolute atomic E-state index is 0.0859. The Labute approximate surface area is 177 Å². The number of anilines is 2. The number of urea groups is 1. The standard InChI is InChI=1S/C21H20N6O4/c1-12-9-25(21(31)27(12)17-6-7-22-11-23-17)14-2-3-15-13(8-14)10-26(20(15)30)16-4-5-18(28)24-19(16)29/h2-3,6-8,11-12,16H,4-5,9-10H2,1H3,(H,24,28,29)/t12-,16?/m1/s1. The van der Waals surface area contributed by atoms with Gasteiger partial charge in [0.1, 0.15) is 18.2 Å². The predicted octanol–water partition coefficient (Wildman–Crippen LogP) is 1.07. The average Bonchev–Trinajstić information content (AvgIpc) is 3.24. The van der Waals surface area contributed by atoms with Gasteiger partial charge in [-0.15, -0.1) is 0 Å². The van der Waals surface area contributed by atoms with Crippen LogP contribution in [0.2, 0.25) is 0 Å². The number of aromatic nitrogens is 2. The third kappa shape index (κ3) is 3.11. The Hall–Kier alpha value is -3.82. The summed E-state index contributed by atoms with van der Waals surface area (Å²) in [6.07, 6.45) is 3.52. The molecule has 0 spiro atoms. The maximum atomic E-state index is 13.1. The van der Waals surface area contributed by atoms with E-state index in [4.69, 9.17) is 0 Å². The SMILES string of the molecule is C[C@@H]1CN(c2ccc3c(c2)CN(C2CCC(=O)NC2=O)C3=O)C(=O)N1c1ccncn1. The zero-order chi connectivity index (χ0) is 21.7. The first-order chi connectivity index (χ1) is 14.9. The molecule has 1 N–H and O–H groups in total. The van der Waals surface area contributed by atoms with Crippen LogP contribution in [0.4, 0.5) is 16.3 Å². The highest BCUT2D eigenvalue weighted by Gasteiger charge is 2.41. The van der Waals surface area contributed by atoms with Gasteiger partial charge in [0.05, 0.1) is 6.04 Å². The Kier molecular flexibility index (Phi) is 4.42. The molecule has 158 valence electrons. The number of hydrogen-bond acceptors (Lipinski definition) is 6. The summed E-state index contributed by atoms with van der Waals surface area (Å²) in [7, 11) is 0. The zero-order valence-corrected chi connectivity index (χ0v) is 16.8. The van der Waals surface area contributed by atoms with Crippen molar-refractivity contribution in [1.82, 2.24) is 20.2 Å². The van der Waals surface area contributed by atoms with E-state index in [1.807, 2.05) is 13.0 Å². The fourth-order valence-electron chi connectivity index (χ4n) is 4.44. The molecule has 10 nitrogen and oxygen atoms in total. The first-order valence-electron chi connectivity index (χ1n) is 10.1. The number of fused-ring (bicyclic) bond motifs is 1. The Bertz CT molecular complexity index is 1100. The highest BCUT2D eigenvalue weighted by Crippen LogP contribution is 2.33. The normalized spacial score (nSPS) is 23.5. The zero-order valence-electron chi connectivity index (χ0n) is 16.8. The lowest BCUT2D eigenvalue weighted by molar-refractivity contribution is -0.136. The molecule has 0 saturated carbocycles. The highest BCUT2D eigenvalue weighted by molar-refractivity contribution is 6.08. The van der Waals surface area contributed by atoms with Gasteiger partial charge in [-0.2, -0.15) is 0 Å². The molecule has 31 heavy (non-hydrogen) atoms. The lowest BCUT2D eigenvalue weighted by Gasteiger charge is -2.29. The lowest BCUT2D eigenvalue weighted by atomic mass is 10.0. The number of carbonyl (C=O) groups excluding carboxylic acids is 4. The number of rotatable bonds is 3. The topological polar surface area (TPSA) is 116 Å². The number of amides is 5. The van der Waals surface area contributed by atoms with Crippen LogP contribution in [0.5, 0.6) is 0 Å². The summed E-state index contributed by atoms with van der Waals surface area (Å²) in [5, 5.41) is 2.30. The molecule has 0 aliphatic carbocycles. The first kappa shape index (κ1) is 19.2. The number of benzene rings is 1. The number of carbonyl (C=O) groups is 4. The molecule has 2 fully saturated rings. The first-order valence-corrected chi connectivity index (χ1v) is 10.1. The molecule has 1 unspecified atom stereocenters. The number of hydrogen-bond donors (Lipinski definition) is 1. The van der Waals surface area contributed by atoms with E-state index in [2.05, 4.69) is 15.3 Å². The highest BCUT2D eigenvalue weighted by atomic mass is 16.2. The van der Waals surface area contributed by atoms with Crippen molar-refractivity contribution in [3.63, 3.8) is 0 Å². The van der Waals surface area contributed by atoms with Gasteiger partial charge in [-0.3, -0.25) is 29.5 Å². The van der Waals surface area contributed by atoms with Crippen molar-refractivity contribution in [2.24, 2.45) is 0 Å². The molecule has 1 aromatic heterocycles. The Morgan fingerprint density at radius 3 is 2.71 bits per heavy atom. The second kappa shape index (κ2) is 7.15. The Morgan fingerprint density at radius 1 is 1.13 bits per heavy atom. The maximum absolute atomic E-state index is 13.1. The molecule has 4 heterocycles. The van der Waals surface area contributed by atoms with Crippen LogP contribution in [0, 0.1) is 0 Å². The van der Waals surface area contributed by atoms with Gasteiger partial charge in [0, 0.05) is 37.0 Å². The molecule has 3 aliphatic heterocycles. The number of nitrogens with zero attached hydrogens (tertiary/aromatic N) is 5. The summed E-state index contributed by atoms with van der Waals surface area (Å²) >= 11 is 0. The van der Waals surface area contributed by atoms with Crippen molar-refractivity contribution >= 4 is 35.3 Å². The van der Waals surface area contributed by atoms with Gasteiger partial charge in [0.15, 0.2) is 0 Å². The molecule has 3 aliphatic rings. The summed E-state index contributed by atoms with van der Waals surface area (Å²) < 4.78 is 0. The van der Waals surface area contributed by atoms with Crippen molar-refractivity contribution in [2.45, 2.75) is 38.4 Å². The second-order valence-corrected chi connectivity index (χ2v) is 7.92. The Balaban J connectivity index is 1.39. The van der Waals surface area contributed by atoms with E-state index in [0.29, 0.717) is 30.0 Å². The van der Waals surface area contributed by atoms with Crippen LogP contribution in [-0.4, -0.2) is 57.2 Å². The monoisotopic (exact) mass is 420 g/mol.